The van der Waals surface area contributed by atoms with Gasteiger partial charge in [0.2, 0.25) is 11.8 Å². The highest BCUT2D eigenvalue weighted by atomic mass is 35.5. The van der Waals surface area contributed by atoms with Gasteiger partial charge in [-0.25, -0.2) is 4.98 Å². The summed E-state index contributed by atoms with van der Waals surface area (Å²) in [6, 6.07) is 7.34. The Morgan fingerprint density at radius 3 is 2.45 bits per heavy atom. The lowest BCUT2D eigenvalue weighted by Crippen LogP contribution is -2.59. The van der Waals surface area contributed by atoms with Gasteiger partial charge in [-0.2, -0.15) is 0 Å². The molecule has 0 aromatic carbocycles. The summed E-state index contributed by atoms with van der Waals surface area (Å²) in [7, 11) is 0. The van der Waals surface area contributed by atoms with Crippen LogP contribution in [0.15, 0.2) is 36.7 Å². The summed E-state index contributed by atoms with van der Waals surface area (Å²) in [6.07, 6.45) is 13.3. The molecule has 1 saturated heterocycles. The maximum absolute atomic E-state index is 14.2. The van der Waals surface area contributed by atoms with Crippen LogP contribution in [0, 0.1) is 18.8 Å². The third-order valence-corrected chi connectivity index (χ3v) is 8.70. The normalized spacial score (nSPS) is 22.4. The second kappa shape index (κ2) is 15.2. The molecular formula is C29H43Cl3N6O2. The zero-order valence-corrected chi connectivity index (χ0v) is 25.6. The predicted octanol–water partition coefficient (Wildman–Crippen LogP) is 4.76. The SMILES string of the molecule is Cc1nc(N)ccc1CNC(=O)[C@]12C[C@H]1CCCN2C(=O)[C@@H](CC1CCCCC1)NCc1ccncc1.Cl.Cl.Cl. The molecule has 0 unspecified atom stereocenters. The first-order chi connectivity index (χ1) is 18.0. The van der Waals surface area contributed by atoms with Crippen molar-refractivity contribution in [3.63, 3.8) is 0 Å². The van der Waals surface area contributed by atoms with Crippen LogP contribution in [0.3, 0.4) is 0 Å². The van der Waals surface area contributed by atoms with Crippen LogP contribution in [0.2, 0.25) is 0 Å². The molecule has 2 saturated carbocycles. The van der Waals surface area contributed by atoms with E-state index in [1.807, 2.05) is 30.0 Å². The molecule has 3 atom stereocenters. The lowest BCUT2D eigenvalue weighted by molar-refractivity contribution is -0.146. The van der Waals surface area contributed by atoms with Gasteiger partial charge in [0.15, 0.2) is 0 Å². The molecule has 222 valence electrons. The van der Waals surface area contributed by atoms with E-state index in [4.69, 9.17) is 5.73 Å². The molecular weight excluding hydrogens is 571 g/mol. The van der Waals surface area contributed by atoms with Crippen LogP contribution in [0.1, 0.15) is 74.6 Å². The number of hydrogen-bond acceptors (Lipinski definition) is 6. The van der Waals surface area contributed by atoms with Gasteiger partial charge >= 0.3 is 0 Å². The number of nitrogen functional groups attached to an aromatic ring is 1. The number of likely N-dealkylation sites (tertiary alicyclic amines) is 1. The highest BCUT2D eigenvalue weighted by molar-refractivity contribution is 5.96. The first-order valence-corrected chi connectivity index (χ1v) is 13.9. The van der Waals surface area contributed by atoms with Crippen molar-refractivity contribution in [1.29, 1.82) is 0 Å². The summed E-state index contributed by atoms with van der Waals surface area (Å²) in [5.74, 6) is 1.32. The zero-order chi connectivity index (χ0) is 25.8. The molecule has 2 aliphatic carbocycles. The number of nitrogens with zero attached hydrogens (tertiary/aromatic N) is 3. The average molecular weight is 614 g/mol. The number of halogens is 3. The summed E-state index contributed by atoms with van der Waals surface area (Å²) in [5.41, 5.74) is 7.94. The van der Waals surface area contributed by atoms with Crippen molar-refractivity contribution in [1.82, 2.24) is 25.5 Å². The first kappa shape index (κ1) is 34.1. The van der Waals surface area contributed by atoms with Crippen LogP contribution in [0.5, 0.6) is 0 Å². The number of amides is 2. The van der Waals surface area contributed by atoms with E-state index in [-0.39, 0.29) is 61.0 Å². The number of anilines is 1. The number of carbonyl (C=O) groups is 2. The van der Waals surface area contributed by atoms with Crippen LogP contribution in [-0.4, -0.2) is 44.8 Å². The van der Waals surface area contributed by atoms with Crippen LogP contribution in [-0.2, 0) is 22.7 Å². The first-order valence-electron chi connectivity index (χ1n) is 13.9. The number of carbonyl (C=O) groups excluding carboxylic acids is 2. The topological polar surface area (TPSA) is 113 Å². The minimum absolute atomic E-state index is 0. The second-order valence-electron chi connectivity index (χ2n) is 11.1. The van der Waals surface area contributed by atoms with E-state index in [2.05, 4.69) is 20.6 Å². The van der Waals surface area contributed by atoms with Crippen molar-refractivity contribution in [2.45, 2.75) is 89.4 Å². The molecule has 4 N–H and O–H groups in total. The number of pyridine rings is 2. The number of aromatic nitrogens is 2. The fourth-order valence-corrected chi connectivity index (χ4v) is 6.47. The second-order valence-corrected chi connectivity index (χ2v) is 11.1. The van der Waals surface area contributed by atoms with Gasteiger partial charge in [-0.05, 0) is 73.8 Å². The van der Waals surface area contributed by atoms with Crippen LogP contribution < -0.4 is 16.4 Å². The van der Waals surface area contributed by atoms with Crippen molar-refractivity contribution in [3.8, 4) is 0 Å². The molecule has 0 radical (unpaired) electrons. The molecule has 3 heterocycles. The summed E-state index contributed by atoms with van der Waals surface area (Å²) in [6.45, 7) is 3.55. The Morgan fingerprint density at radius 2 is 1.75 bits per heavy atom. The van der Waals surface area contributed by atoms with E-state index < -0.39 is 5.54 Å². The van der Waals surface area contributed by atoms with Crippen LogP contribution in [0.25, 0.3) is 0 Å². The Hall–Kier alpha value is -2.13. The van der Waals surface area contributed by atoms with E-state index in [0.717, 1.165) is 42.5 Å². The van der Waals surface area contributed by atoms with Gasteiger partial charge in [-0.1, -0.05) is 38.2 Å². The molecule has 1 aliphatic heterocycles. The third kappa shape index (κ3) is 7.58. The van der Waals surface area contributed by atoms with Gasteiger partial charge in [0, 0.05) is 37.7 Å². The van der Waals surface area contributed by atoms with Gasteiger partial charge in [-0.15, -0.1) is 37.2 Å². The van der Waals surface area contributed by atoms with Crippen molar-refractivity contribution >= 4 is 54.9 Å². The van der Waals surface area contributed by atoms with Crippen molar-refractivity contribution in [2.24, 2.45) is 11.8 Å². The molecule has 8 nitrogen and oxygen atoms in total. The van der Waals surface area contributed by atoms with Gasteiger partial charge in [0.1, 0.15) is 11.4 Å². The highest BCUT2D eigenvalue weighted by Crippen LogP contribution is 2.54. The zero-order valence-electron chi connectivity index (χ0n) is 23.1. The molecule has 2 aromatic rings. The number of nitrogens with two attached hydrogens (primary N) is 1. The quantitative estimate of drug-likeness (QED) is 0.376. The van der Waals surface area contributed by atoms with Gasteiger partial charge in [-0.3, -0.25) is 14.6 Å². The summed E-state index contributed by atoms with van der Waals surface area (Å²) in [5, 5.41) is 6.71. The lowest BCUT2D eigenvalue weighted by atomic mass is 9.84. The Kier molecular flexibility index (Phi) is 12.9. The number of rotatable bonds is 9. The van der Waals surface area contributed by atoms with Gasteiger partial charge < -0.3 is 21.3 Å². The number of fused-ring (bicyclic) bond motifs is 1. The maximum Gasteiger partial charge on any atom is 0.246 e. The minimum atomic E-state index is -0.715. The van der Waals surface area contributed by atoms with E-state index in [0.29, 0.717) is 31.4 Å². The van der Waals surface area contributed by atoms with Crippen LogP contribution in [0.4, 0.5) is 5.82 Å². The molecule has 2 aromatic heterocycles. The van der Waals surface area contributed by atoms with E-state index in [1.165, 1.54) is 32.1 Å². The summed E-state index contributed by atoms with van der Waals surface area (Å²) in [4.78, 5) is 38.1. The Bertz CT molecular complexity index is 1120. The molecule has 11 heteroatoms. The number of piperidine rings is 1. The summed E-state index contributed by atoms with van der Waals surface area (Å²) < 4.78 is 0. The molecule has 3 fully saturated rings. The Morgan fingerprint density at radius 1 is 1.02 bits per heavy atom. The Balaban J connectivity index is 0.00000187. The predicted molar refractivity (Wildman–Crippen MR) is 165 cm³/mol. The molecule has 3 aliphatic rings. The molecule has 0 bridgehead atoms. The molecule has 0 spiro atoms. The Labute approximate surface area is 256 Å². The smallest absolute Gasteiger partial charge is 0.246 e. The fourth-order valence-electron chi connectivity index (χ4n) is 6.47. The molecule has 2 amide bonds. The summed E-state index contributed by atoms with van der Waals surface area (Å²) >= 11 is 0. The number of hydrogen-bond donors (Lipinski definition) is 3. The third-order valence-electron chi connectivity index (χ3n) is 8.70. The fraction of sp³-hybridized carbons (Fsp3) is 0.586. The van der Waals surface area contributed by atoms with Crippen molar-refractivity contribution in [2.75, 3.05) is 12.3 Å². The van der Waals surface area contributed by atoms with Gasteiger partial charge in [0.05, 0.1) is 6.04 Å². The number of aryl methyl sites for hydroxylation is 1. The average Bonchev–Trinajstić information content (AvgIpc) is 3.67. The molecule has 5 rings (SSSR count). The van der Waals surface area contributed by atoms with Crippen molar-refractivity contribution < 1.29 is 9.59 Å². The minimum Gasteiger partial charge on any atom is -0.384 e. The lowest BCUT2D eigenvalue weighted by Gasteiger charge is -2.39. The number of nitrogens with one attached hydrogen (secondary N) is 2. The van der Waals surface area contributed by atoms with Crippen LogP contribution >= 0.6 is 37.2 Å². The largest absolute Gasteiger partial charge is 0.384 e. The maximum atomic E-state index is 14.2. The van der Waals surface area contributed by atoms with E-state index >= 15 is 0 Å². The van der Waals surface area contributed by atoms with Crippen molar-refractivity contribution in [3.05, 3.63) is 53.5 Å². The van der Waals surface area contributed by atoms with E-state index in [1.54, 1.807) is 18.5 Å². The highest BCUT2D eigenvalue weighted by Gasteiger charge is 2.66. The molecule has 40 heavy (non-hydrogen) atoms. The van der Waals surface area contributed by atoms with E-state index in [9.17, 15) is 9.59 Å². The standard InChI is InChI=1S/C29H40N6O2.3ClH/c1-20-23(9-10-26(30)34-20)19-33-28(37)29-17-24(29)8-5-15-35(29)27(36)25(16-21-6-3-2-4-7-21)32-18-22-11-13-31-14-12-22;;;/h9-14,21,24-25,32H,2-8,15-19H2,1H3,(H2,30,34)(H,33,37);3*1H/t24-,25-,29+;;;/m1.../s1. The van der Waals surface area contributed by atoms with Gasteiger partial charge in [0.25, 0.3) is 0 Å². The monoisotopic (exact) mass is 612 g/mol.